The number of fused-ring (bicyclic) bond motifs is 5. The monoisotopic (exact) mass is 702 g/mol. The lowest BCUT2D eigenvalue weighted by Crippen LogP contribution is -2.67. The zero-order chi connectivity index (χ0) is 35.8. The van der Waals surface area contributed by atoms with Crippen molar-refractivity contribution < 1.29 is 52.2 Å². The molecule has 12 heteroatoms. The zero-order valence-corrected chi connectivity index (χ0v) is 30.9. The van der Waals surface area contributed by atoms with E-state index < -0.39 is 64.8 Å². The Morgan fingerprint density at radius 3 is 2.19 bits per heavy atom. The summed E-state index contributed by atoms with van der Waals surface area (Å²) < 4.78 is 52.7. The summed E-state index contributed by atoms with van der Waals surface area (Å²) in [6.07, 6.45) is 0.701. The molecule has 0 aromatic heterocycles. The van der Waals surface area contributed by atoms with Crippen molar-refractivity contribution in [1.29, 1.82) is 0 Å². The van der Waals surface area contributed by atoms with Gasteiger partial charge < -0.3 is 35.0 Å². The van der Waals surface area contributed by atoms with Gasteiger partial charge in [-0.2, -0.15) is 8.42 Å². The van der Waals surface area contributed by atoms with Crippen molar-refractivity contribution >= 4 is 10.4 Å². The molecule has 0 spiro atoms. The molecule has 0 radical (unpaired) electrons. The van der Waals surface area contributed by atoms with Crippen LogP contribution in [0.2, 0.25) is 0 Å². The second-order valence-corrected chi connectivity index (χ2v) is 18.9. The topological polar surface area (TPSA) is 183 Å². The fourth-order valence-electron chi connectivity index (χ4n) is 12.1. The number of hydrogen-bond donors (Lipinski definition) is 6. The van der Waals surface area contributed by atoms with E-state index in [2.05, 4.69) is 40.7 Å². The molecule has 0 bridgehead atoms. The molecular weight excluding hydrogens is 640 g/mol. The summed E-state index contributed by atoms with van der Waals surface area (Å²) >= 11 is 0. The largest absolute Gasteiger partial charge is 0.397 e. The Morgan fingerprint density at radius 1 is 0.938 bits per heavy atom. The zero-order valence-electron chi connectivity index (χ0n) is 30.1. The minimum Gasteiger partial charge on any atom is -0.394 e. The van der Waals surface area contributed by atoms with Crippen molar-refractivity contribution in [2.45, 2.75) is 162 Å². The van der Waals surface area contributed by atoms with Gasteiger partial charge in [-0.25, -0.2) is 4.18 Å². The SMILES string of the molecule is CC(C)=CCC[C@](C)(O)C1CC[C@]2(C)[C@@H]1[C@H](OS(=O)(=O)O)CC1[C@@]3(C)CC[C@H](OC4O[C@H](CO)[C@@H](O)[C@H](O)[C@H]4O)C(C)(C)C3CC[C@]12C. The minimum absolute atomic E-state index is 0.0543. The summed E-state index contributed by atoms with van der Waals surface area (Å²) in [5, 5.41) is 53.0. The molecule has 6 N–H and O–H groups in total. The molecule has 48 heavy (non-hydrogen) atoms. The van der Waals surface area contributed by atoms with Crippen molar-refractivity contribution in [3.63, 3.8) is 0 Å². The smallest absolute Gasteiger partial charge is 0.394 e. The van der Waals surface area contributed by atoms with Crippen LogP contribution in [-0.2, 0) is 24.1 Å². The van der Waals surface area contributed by atoms with Crippen LogP contribution < -0.4 is 0 Å². The molecule has 0 aromatic rings. The number of aliphatic hydroxyl groups is 5. The summed E-state index contributed by atoms with van der Waals surface area (Å²) in [7, 11) is -4.77. The third-order valence-electron chi connectivity index (χ3n) is 14.7. The van der Waals surface area contributed by atoms with E-state index in [1.54, 1.807) is 0 Å². The van der Waals surface area contributed by atoms with Crippen molar-refractivity contribution in [3.05, 3.63) is 11.6 Å². The molecule has 4 unspecified atom stereocenters. The molecule has 5 aliphatic rings. The first-order valence-corrected chi connectivity index (χ1v) is 19.4. The number of aliphatic hydroxyl groups excluding tert-OH is 4. The second kappa shape index (κ2) is 13.1. The molecule has 0 amide bonds. The van der Waals surface area contributed by atoms with Crippen LogP contribution in [0.4, 0.5) is 0 Å². The highest BCUT2D eigenvalue weighted by Crippen LogP contribution is 2.76. The van der Waals surface area contributed by atoms with Crippen LogP contribution in [0.3, 0.4) is 0 Å². The molecule has 4 aliphatic carbocycles. The summed E-state index contributed by atoms with van der Waals surface area (Å²) in [6, 6.07) is 0. The normalized spacial score (nSPS) is 48.5. The number of hydrogen-bond acceptors (Lipinski definition) is 10. The van der Waals surface area contributed by atoms with Gasteiger partial charge in [0.05, 0.1) is 24.4 Å². The van der Waals surface area contributed by atoms with E-state index >= 15 is 0 Å². The summed E-state index contributed by atoms with van der Waals surface area (Å²) in [4.78, 5) is 0. The molecule has 5 rings (SSSR count). The lowest BCUT2D eigenvalue weighted by Gasteiger charge is -2.71. The fraction of sp³-hybridized carbons (Fsp3) is 0.944. The fourth-order valence-corrected chi connectivity index (χ4v) is 12.6. The first kappa shape index (κ1) is 38.6. The van der Waals surface area contributed by atoms with Gasteiger partial charge in [-0.1, -0.05) is 46.3 Å². The molecule has 11 nitrogen and oxygen atoms in total. The van der Waals surface area contributed by atoms with Crippen LogP contribution in [0.1, 0.15) is 113 Å². The highest BCUT2D eigenvalue weighted by atomic mass is 32.3. The Morgan fingerprint density at radius 2 is 1.58 bits per heavy atom. The van der Waals surface area contributed by atoms with Gasteiger partial charge in [-0.05, 0) is 124 Å². The first-order valence-electron chi connectivity index (χ1n) is 18.0. The lowest BCUT2D eigenvalue weighted by atomic mass is 9.35. The molecular formula is C36H62O11S. The molecule has 1 heterocycles. The summed E-state index contributed by atoms with van der Waals surface area (Å²) in [5.41, 5.74) is -1.06. The highest BCUT2D eigenvalue weighted by molar-refractivity contribution is 7.80. The molecule has 5 fully saturated rings. The van der Waals surface area contributed by atoms with Crippen LogP contribution in [0.15, 0.2) is 11.6 Å². The van der Waals surface area contributed by atoms with Crippen molar-refractivity contribution in [1.82, 2.24) is 0 Å². The second-order valence-electron chi connectivity index (χ2n) is 17.8. The average molecular weight is 703 g/mol. The van der Waals surface area contributed by atoms with Gasteiger partial charge in [-0.15, -0.1) is 0 Å². The predicted octanol–water partition coefficient (Wildman–Crippen LogP) is 4.15. The number of ether oxygens (including phenoxy) is 2. The van der Waals surface area contributed by atoms with Gasteiger partial charge in [0.15, 0.2) is 6.29 Å². The van der Waals surface area contributed by atoms with Crippen LogP contribution in [-0.4, -0.2) is 93.6 Å². The first-order chi connectivity index (χ1) is 22.0. The quantitative estimate of drug-likeness (QED) is 0.115. The average Bonchev–Trinajstić information content (AvgIpc) is 3.35. The molecule has 0 aromatic carbocycles. The van der Waals surface area contributed by atoms with E-state index in [4.69, 9.17) is 13.7 Å². The minimum atomic E-state index is -4.77. The molecule has 1 aliphatic heterocycles. The third-order valence-corrected chi connectivity index (χ3v) is 15.2. The number of allylic oxidation sites excluding steroid dienone is 2. The van der Waals surface area contributed by atoms with E-state index in [0.717, 1.165) is 38.5 Å². The van der Waals surface area contributed by atoms with E-state index in [9.17, 15) is 38.5 Å². The Labute approximate surface area is 287 Å². The van der Waals surface area contributed by atoms with Crippen molar-refractivity contribution in [2.75, 3.05) is 6.61 Å². The molecule has 4 saturated carbocycles. The maximum atomic E-state index is 12.4. The Bertz CT molecular complexity index is 1310. The summed E-state index contributed by atoms with van der Waals surface area (Å²) in [6.45, 7) is 16.7. The van der Waals surface area contributed by atoms with Crippen LogP contribution >= 0.6 is 0 Å². The Hall–Kier alpha value is -0.670. The van der Waals surface area contributed by atoms with Gasteiger partial charge in [0.25, 0.3) is 0 Å². The van der Waals surface area contributed by atoms with Gasteiger partial charge in [0, 0.05) is 0 Å². The molecule has 1 saturated heterocycles. The lowest BCUT2D eigenvalue weighted by molar-refractivity contribution is -0.331. The molecule has 15 atom stereocenters. The van der Waals surface area contributed by atoms with Crippen LogP contribution in [0.25, 0.3) is 0 Å². The van der Waals surface area contributed by atoms with Crippen molar-refractivity contribution in [2.24, 2.45) is 45.3 Å². The Balaban J connectivity index is 1.45. The summed E-state index contributed by atoms with van der Waals surface area (Å²) in [5.74, 6) is -0.259. The maximum absolute atomic E-state index is 12.4. The van der Waals surface area contributed by atoms with E-state index in [-0.39, 0.29) is 46.0 Å². The van der Waals surface area contributed by atoms with Crippen LogP contribution in [0, 0.1) is 45.3 Å². The Kier molecular flexibility index (Phi) is 10.5. The highest BCUT2D eigenvalue weighted by Gasteiger charge is 2.72. The number of rotatable bonds is 9. The van der Waals surface area contributed by atoms with Gasteiger partial charge in [0.2, 0.25) is 0 Å². The van der Waals surface area contributed by atoms with E-state index in [0.29, 0.717) is 19.3 Å². The standard InChI is InChI=1S/C36H62O11S/c1-20(2)10-9-14-36(8,41)21-11-16-35(7)27(21)22(47-48(42,43)44)18-25-33(5)15-13-26(32(3,4)24(33)12-17-34(25,35)6)46-31-30(40)29(39)28(38)23(19-37)45-31/h10,21-31,37-41H,9,11-19H2,1-8H3,(H,42,43,44)/t21?,22-,23-,24?,25?,26+,27+,28-,29+,30-,31?,33+,34-,35-,36+/m1/s1. The van der Waals surface area contributed by atoms with Gasteiger partial charge in [-0.3, -0.25) is 4.55 Å². The molecule has 278 valence electrons. The van der Waals surface area contributed by atoms with Crippen LogP contribution in [0.5, 0.6) is 0 Å². The van der Waals surface area contributed by atoms with E-state index in [1.807, 2.05) is 20.8 Å². The predicted molar refractivity (Wildman–Crippen MR) is 179 cm³/mol. The van der Waals surface area contributed by atoms with Crippen molar-refractivity contribution in [3.8, 4) is 0 Å². The van der Waals surface area contributed by atoms with E-state index in [1.165, 1.54) is 5.57 Å². The van der Waals surface area contributed by atoms with Gasteiger partial charge >= 0.3 is 10.4 Å². The van der Waals surface area contributed by atoms with Gasteiger partial charge in [0.1, 0.15) is 24.4 Å². The maximum Gasteiger partial charge on any atom is 0.397 e. The third kappa shape index (κ3) is 6.36.